The lowest BCUT2D eigenvalue weighted by atomic mass is 10.1. The minimum atomic E-state index is -0.954. The molecule has 464 valence electrons. The fraction of sp³-hybridized carbons (Fsp3) is 0.870. The third kappa shape index (κ3) is 92.9. The molecule has 0 amide bonds. The van der Waals surface area contributed by atoms with E-state index in [0.29, 0.717) is 19.3 Å². The quantitative estimate of drug-likeness (QED) is 0.0256. The number of hydrogen-bond acceptors (Lipinski definition) is 6. The highest BCUT2D eigenvalue weighted by atomic mass is 16.4. The Labute approximate surface area is 484 Å². The van der Waals surface area contributed by atoms with Gasteiger partial charge in [-0.1, -0.05) is 288 Å². The maximum Gasteiger partial charge on any atom is 0.303 e. The average Bonchev–Trinajstić information content (AvgIpc) is 3.42. The Balaban J connectivity index is -0.000000498. The van der Waals surface area contributed by atoms with Crippen molar-refractivity contribution in [3.05, 3.63) is 36.5 Å². The van der Waals surface area contributed by atoms with Crippen LogP contribution in [0.15, 0.2) is 36.5 Å². The molecular weight excluding hydrogens is 973 g/mol. The van der Waals surface area contributed by atoms with Crippen LogP contribution in [0, 0.1) is 0 Å². The monoisotopic (exact) mass is 1110 g/mol. The van der Waals surface area contributed by atoms with E-state index in [9.17, 15) is 14.4 Å². The van der Waals surface area contributed by atoms with Gasteiger partial charge < -0.3 is 30.6 Å². The zero-order chi connectivity index (χ0) is 58.2. The molecule has 0 fully saturated rings. The molecule has 0 aromatic rings. The summed E-state index contributed by atoms with van der Waals surface area (Å²) >= 11 is 0. The molecular formula is C69H134O9. The number of aliphatic carboxylic acids is 3. The Hall–Kier alpha value is -2.49. The molecule has 9 nitrogen and oxygen atoms in total. The fourth-order valence-corrected chi connectivity index (χ4v) is 9.22. The minimum absolute atomic E-state index is 0.340. The summed E-state index contributed by atoms with van der Waals surface area (Å²) in [6, 6.07) is 0. The van der Waals surface area contributed by atoms with Crippen molar-refractivity contribution in [2.75, 3.05) is 13.2 Å². The molecule has 0 aromatic heterocycles. The number of aliphatic hydroxyl groups is 3. The van der Waals surface area contributed by atoms with Crippen molar-refractivity contribution in [3.8, 4) is 0 Å². The highest BCUT2D eigenvalue weighted by molar-refractivity contribution is 5.67. The topological polar surface area (TPSA) is 173 Å². The average molecular weight is 1110 g/mol. The van der Waals surface area contributed by atoms with Crippen molar-refractivity contribution in [3.63, 3.8) is 0 Å². The predicted octanol–water partition coefficient (Wildman–Crippen LogP) is 21.3. The summed E-state index contributed by atoms with van der Waals surface area (Å²) in [5.41, 5.74) is 0. The maximum absolute atomic E-state index is 10.4. The summed E-state index contributed by atoms with van der Waals surface area (Å²) < 4.78 is 0. The second kappa shape index (κ2) is 78.7. The predicted molar refractivity (Wildman–Crippen MR) is 337 cm³/mol. The van der Waals surface area contributed by atoms with Gasteiger partial charge in [0.1, 0.15) is 6.10 Å². The molecule has 9 heteroatoms. The summed E-state index contributed by atoms with van der Waals surface area (Å²) in [5, 5.41) is 49.7. The Morgan fingerprint density at radius 1 is 0.256 bits per heavy atom. The smallest absolute Gasteiger partial charge is 0.303 e. The highest BCUT2D eigenvalue weighted by Crippen LogP contribution is 2.16. The molecule has 0 radical (unpaired) electrons. The van der Waals surface area contributed by atoms with Crippen LogP contribution in [0.1, 0.15) is 367 Å². The molecule has 0 rings (SSSR count). The molecule has 0 unspecified atom stereocenters. The number of hydrogen-bond donors (Lipinski definition) is 6. The van der Waals surface area contributed by atoms with E-state index in [4.69, 9.17) is 30.6 Å². The van der Waals surface area contributed by atoms with E-state index < -0.39 is 24.0 Å². The molecule has 78 heavy (non-hydrogen) atoms. The van der Waals surface area contributed by atoms with Crippen molar-refractivity contribution in [1.29, 1.82) is 0 Å². The van der Waals surface area contributed by atoms with E-state index in [1.807, 2.05) is 0 Å². The van der Waals surface area contributed by atoms with E-state index in [2.05, 4.69) is 57.2 Å². The van der Waals surface area contributed by atoms with Gasteiger partial charge in [-0.15, -0.1) is 0 Å². The van der Waals surface area contributed by atoms with E-state index >= 15 is 0 Å². The first-order valence-corrected chi connectivity index (χ1v) is 33.6. The number of rotatable bonds is 59. The van der Waals surface area contributed by atoms with Gasteiger partial charge in [0.15, 0.2) is 0 Å². The summed E-state index contributed by atoms with van der Waals surface area (Å²) in [6.45, 7) is 6.09. The van der Waals surface area contributed by atoms with Crippen molar-refractivity contribution >= 4 is 17.9 Å². The van der Waals surface area contributed by atoms with E-state index in [-0.39, 0.29) is 13.2 Å². The lowest BCUT2D eigenvalue weighted by Gasteiger charge is -2.01. The first-order valence-electron chi connectivity index (χ1n) is 33.6. The van der Waals surface area contributed by atoms with Crippen molar-refractivity contribution in [2.45, 2.75) is 374 Å². The molecule has 0 bridgehead atoms. The molecule has 0 aromatic carbocycles. The number of carbonyl (C=O) groups is 3. The van der Waals surface area contributed by atoms with Crippen molar-refractivity contribution < 1.29 is 45.0 Å². The van der Waals surface area contributed by atoms with Gasteiger partial charge in [-0.25, -0.2) is 0 Å². The first-order chi connectivity index (χ1) is 38.1. The molecule has 0 heterocycles. The van der Waals surface area contributed by atoms with Crippen LogP contribution in [0.2, 0.25) is 0 Å². The lowest BCUT2D eigenvalue weighted by molar-refractivity contribution is -0.138. The van der Waals surface area contributed by atoms with Gasteiger partial charge in [0.2, 0.25) is 0 Å². The number of carboxylic acids is 3. The standard InChI is InChI=1S/3C22H42O2.C3H8O3/c3*1-2-3-4-5-6-7-8-9-10-11-12-13-14-15-16-17-18-19-20-21-22(23)24;4-1-3(6)2-5/h3*9-10H,2-8,11-21H2,1H3,(H,23,24);3-6H,1-2H2. The molecule has 0 atom stereocenters. The summed E-state index contributed by atoms with van der Waals surface area (Å²) in [7, 11) is 0. The summed E-state index contributed by atoms with van der Waals surface area (Å²) in [5.74, 6) is -1.97. The Morgan fingerprint density at radius 3 is 0.526 bits per heavy atom. The van der Waals surface area contributed by atoms with Crippen molar-refractivity contribution in [1.82, 2.24) is 0 Å². The minimum Gasteiger partial charge on any atom is -0.481 e. The van der Waals surface area contributed by atoms with Gasteiger partial charge in [-0.2, -0.15) is 0 Å². The van der Waals surface area contributed by atoms with E-state index in [0.717, 1.165) is 38.5 Å². The molecule has 0 aliphatic rings. The molecule has 0 aliphatic heterocycles. The van der Waals surface area contributed by atoms with Crippen LogP contribution in [0.25, 0.3) is 0 Å². The third-order valence-electron chi connectivity index (χ3n) is 14.4. The number of unbranched alkanes of at least 4 members (excludes halogenated alkanes) is 45. The van der Waals surface area contributed by atoms with Crippen LogP contribution in [0.3, 0.4) is 0 Å². The lowest BCUT2D eigenvalue weighted by Crippen LogP contribution is -2.15. The molecule has 0 saturated carbocycles. The van der Waals surface area contributed by atoms with Gasteiger partial charge in [0, 0.05) is 19.3 Å². The second-order valence-electron chi connectivity index (χ2n) is 22.4. The highest BCUT2D eigenvalue weighted by Gasteiger charge is 2.00. The van der Waals surface area contributed by atoms with Gasteiger partial charge in [0.05, 0.1) is 13.2 Å². The molecule has 6 N–H and O–H groups in total. The normalized spacial score (nSPS) is 11.3. The van der Waals surface area contributed by atoms with Crippen LogP contribution < -0.4 is 0 Å². The molecule has 0 aliphatic carbocycles. The first kappa shape index (κ1) is 82.0. The maximum atomic E-state index is 10.4. The van der Waals surface area contributed by atoms with E-state index in [1.54, 1.807) is 0 Å². The third-order valence-corrected chi connectivity index (χ3v) is 14.4. The SMILES string of the molecule is CCCCCCCCC=CCCCCCCCCCCCC(=O)O.CCCCCCCCC=CCCCCCCCCCCCC(=O)O.CCCCCCCCC=CCCCCCCCCCCCC(=O)O.OCC(O)CO. The van der Waals surface area contributed by atoms with E-state index in [1.165, 1.54) is 289 Å². The fourth-order valence-electron chi connectivity index (χ4n) is 9.22. The van der Waals surface area contributed by atoms with Crippen LogP contribution in [-0.4, -0.2) is 67.9 Å². The van der Waals surface area contributed by atoms with Crippen LogP contribution in [0.5, 0.6) is 0 Å². The van der Waals surface area contributed by atoms with Crippen molar-refractivity contribution in [2.24, 2.45) is 0 Å². The van der Waals surface area contributed by atoms with Crippen LogP contribution in [-0.2, 0) is 14.4 Å². The second-order valence-corrected chi connectivity index (χ2v) is 22.4. The Kier molecular flexibility index (Phi) is 82.8. The number of allylic oxidation sites excluding steroid dienone is 6. The zero-order valence-electron chi connectivity index (χ0n) is 52.0. The van der Waals surface area contributed by atoms with Gasteiger partial charge in [-0.3, -0.25) is 14.4 Å². The van der Waals surface area contributed by atoms with Crippen LogP contribution >= 0.6 is 0 Å². The summed E-state index contributed by atoms with van der Waals surface area (Å²) in [4.78, 5) is 31.1. The Bertz CT molecular complexity index is 1070. The molecule has 0 spiro atoms. The zero-order valence-corrected chi connectivity index (χ0v) is 52.0. The number of carboxylic acid groups (broad SMARTS) is 3. The summed E-state index contributed by atoms with van der Waals surface area (Å²) in [6.07, 6.45) is 80.4. The number of aliphatic hydroxyl groups excluding tert-OH is 3. The van der Waals surface area contributed by atoms with Gasteiger partial charge in [-0.05, 0) is 96.3 Å². The largest absolute Gasteiger partial charge is 0.481 e. The van der Waals surface area contributed by atoms with Gasteiger partial charge >= 0.3 is 17.9 Å². The van der Waals surface area contributed by atoms with Crippen LogP contribution in [0.4, 0.5) is 0 Å². The molecule has 0 saturated heterocycles. The van der Waals surface area contributed by atoms with Gasteiger partial charge in [0.25, 0.3) is 0 Å². The Morgan fingerprint density at radius 2 is 0.397 bits per heavy atom.